The Balaban J connectivity index is 3.57. The molecule has 0 aromatic rings. The van der Waals surface area contributed by atoms with Crippen molar-refractivity contribution in [2.75, 3.05) is 40.0 Å². The molecule has 0 unspecified atom stereocenters. The second kappa shape index (κ2) is 11.1. The van der Waals surface area contributed by atoms with Gasteiger partial charge in [0.15, 0.2) is 0 Å². The molecular weight excluding hydrogens is 266 g/mol. The molecule has 0 aliphatic rings. The van der Waals surface area contributed by atoms with Crippen molar-refractivity contribution < 1.29 is 29.0 Å². The Morgan fingerprint density at radius 2 is 1.75 bits per heavy atom. The number of nitrogens with zero attached hydrogens (tertiary/aromatic N) is 1. The van der Waals surface area contributed by atoms with Crippen molar-refractivity contribution in [1.82, 2.24) is 4.90 Å². The lowest BCUT2D eigenvalue weighted by Gasteiger charge is -2.15. The molecule has 1 amide bonds. The summed E-state index contributed by atoms with van der Waals surface area (Å²) in [5, 5.41) is 8.37. The first-order valence-electron chi connectivity index (χ1n) is 6.23. The summed E-state index contributed by atoms with van der Waals surface area (Å²) in [6.45, 7) is 3.12. The monoisotopic (exact) mass is 287 g/mol. The molecule has 0 fully saturated rings. The number of amides is 1. The number of carboxylic acid groups (broad SMARTS) is 1. The van der Waals surface area contributed by atoms with Crippen molar-refractivity contribution in [3.63, 3.8) is 0 Å². The molecule has 0 bridgehead atoms. The zero-order chi connectivity index (χ0) is 15.4. The molecule has 7 nitrogen and oxygen atoms in total. The minimum absolute atomic E-state index is 0.0281. The van der Waals surface area contributed by atoms with Gasteiger partial charge in [0.05, 0.1) is 32.8 Å². The smallest absolute Gasteiger partial charge is 0.305 e. The molecule has 0 aliphatic heterocycles. The van der Waals surface area contributed by atoms with Crippen molar-refractivity contribution in [2.24, 2.45) is 0 Å². The topological polar surface area (TPSA) is 93.1 Å². The third-order valence-corrected chi connectivity index (χ3v) is 2.32. The maximum absolute atomic E-state index is 11.5. The highest BCUT2D eigenvalue weighted by Gasteiger charge is 2.05. The molecule has 0 atom stereocenters. The second-order valence-corrected chi connectivity index (χ2v) is 4.13. The number of aliphatic carboxylic acids is 1. The molecule has 20 heavy (non-hydrogen) atoms. The van der Waals surface area contributed by atoms with Gasteiger partial charge in [0.1, 0.15) is 6.29 Å². The van der Waals surface area contributed by atoms with Crippen LogP contribution in [-0.2, 0) is 23.9 Å². The van der Waals surface area contributed by atoms with Gasteiger partial charge in [-0.1, -0.05) is 0 Å². The van der Waals surface area contributed by atoms with Crippen LogP contribution in [0, 0.1) is 0 Å². The Labute approximate surface area is 118 Å². The van der Waals surface area contributed by atoms with Gasteiger partial charge in [-0.25, -0.2) is 0 Å². The molecule has 1 N–H and O–H groups in total. The lowest BCUT2D eigenvalue weighted by Crippen LogP contribution is -2.29. The predicted octanol–water partition coefficient (Wildman–Crippen LogP) is 0.0979. The summed E-state index contributed by atoms with van der Waals surface area (Å²) in [5.74, 6) is -1.15. The molecule has 7 heteroatoms. The Hall–Kier alpha value is -1.73. The number of hydrogen-bond donors (Lipinski definition) is 1. The molecule has 0 aromatic carbocycles. The number of carbonyl (C=O) groups excluding carboxylic acids is 2. The van der Waals surface area contributed by atoms with Crippen molar-refractivity contribution in [2.45, 2.75) is 13.3 Å². The maximum atomic E-state index is 11.5. The molecule has 0 radical (unpaired) electrons. The van der Waals surface area contributed by atoms with Gasteiger partial charge in [-0.05, 0) is 12.5 Å². The van der Waals surface area contributed by atoms with Crippen LogP contribution in [0.25, 0.3) is 0 Å². The minimum atomic E-state index is -0.898. The molecular formula is C13H21NO6. The van der Waals surface area contributed by atoms with Crippen molar-refractivity contribution in [3.8, 4) is 0 Å². The Bertz CT molecular complexity index is 353. The Morgan fingerprint density at radius 3 is 2.30 bits per heavy atom. The van der Waals surface area contributed by atoms with Gasteiger partial charge in [-0.3, -0.25) is 14.4 Å². The quantitative estimate of drug-likeness (QED) is 0.329. The molecule has 114 valence electrons. The first-order chi connectivity index (χ1) is 9.47. The van der Waals surface area contributed by atoms with Gasteiger partial charge >= 0.3 is 5.97 Å². The van der Waals surface area contributed by atoms with E-state index in [1.807, 2.05) is 0 Å². The third kappa shape index (κ3) is 10.2. The van der Waals surface area contributed by atoms with Crippen LogP contribution in [0.15, 0.2) is 11.6 Å². The van der Waals surface area contributed by atoms with Crippen molar-refractivity contribution in [3.05, 3.63) is 11.6 Å². The van der Waals surface area contributed by atoms with E-state index >= 15 is 0 Å². The van der Waals surface area contributed by atoms with E-state index in [-0.39, 0.29) is 18.9 Å². The van der Waals surface area contributed by atoms with Crippen LogP contribution in [0.3, 0.4) is 0 Å². The zero-order valence-corrected chi connectivity index (χ0v) is 11.8. The summed E-state index contributed by atoms with van der Waals surface area (Å²) < 4.78 is 10.3. The molecule has 0 spiro atoms. The SMILES string of the molecule is C/C(C=O)=C/C(=O)N(C)CCOCCOCCC(=O)O. The first-order valence-corrected chi connectivity index (χ1v) is 6.23. The van der Waals surface area contributed by atoms with Crippen LogP contribution in [0.2, 0.25) is 0 Å². The van der Waals surface area contributed by atoms with Crippen LogP contribution >= 0.6 is 0 Å². The molecule has 0 saturated heterocycles. The van der Waals surface area contributed by atoms with Crippen LogP contribution in [0.4, 0.5) is 0 Å². The number of rotatable bonds is 11. The average Bonchev–Trinajstić information content (AvgIpc) is 2.40. The second-order valence-electron chi connectivity index (χ2n) is 4.13. The first kappa shape index (κ1) is 18.3. The Morgan fingerprint density at radius 1 is 1.15 bits per heavy atom. The number of aldehydes is 1. The highest BCUT2D eigenvalue weighted by molar-refractivity contribution is 5.93. The lowest BCUT2D eigenvalue weighted by molar-refractivity contribution is -0.138. The summed E-state index contributed by atoms with van der Waals surface area (Å²) in [4.78, 5) is 33.6. The van der Waals surface area contributed by atoms with E-state index in [1.54, 1.807) is 14.0 Å². The number of hydrogen-bond acceptors (Lipinski definition) is 5. The summed E-state index contributed by atoms with van der Waals surface area (Å²) in [6.07, 6.45) is 1.86. The van der Waals surface area contributed by atoms with E-state index in [0.717, 1.165) is 0 Å². The van der Waals surface area contributed by atoms with Crippen LogP contribution < -0.4 is 0 Å². The molecule has 0 heterocycles. The van der Waals surface area contributed by atoms with E-state index in [9.17, 15) is 14.4 Å². The standard InChI is InChI=1S/C13H21NO6/c1-11(10-15)9-12(16)14(2)4-6-20-8-7-19-5-3-13(17)18/h9-10H,3-8H2,1-2H3,(H,17,18)/b11-9-. The highest BCUT2D eigenvalue weighted by atomic mass is 16.5. The summed E-state index contributed by atoms with van der Waals surface area (Å²) in [5.41, 5.74) is 0.370. The van der Waals surface area contributed by atoms with E-state index < -0.39 is 5.97 Å². The third-order valence-electron chi connectivity index (χ3n) is 2.32. The molecule has 0 aromatic heterocycles. The van der Waals surface area contributed by atoms with Crippen LogP contribution in [0.1, 0.15) is 13.3 Å². The zero-order valence-electron chi connectivity index (χ0n) is 11.8. The molecule has 0 saturated carbocycles. The van der Waals surface area contributed by atoms with E-state index in [4.69, 9.17) is 14.6 Å². The molecule has 0 aliphatic carbocycles. The fourth-order valence-electron chi connectivity index (χ4n) is 1.13. The predicted molar refractivity (Wildman–Crippen MR) is 71.3 cm³/mol. The summed E-state index contributed by atoms with van der Waals surface area (Å²) in [7, 11) is 1.61. The number of ether oxygens (including phenoxy) is 2. The van der Waals surface area contributed by atoms with E-state index in [2.05, 4.69) is 0 Å². The summed E-state index contributed by atoms with van der Waals surface area (Å²) in [6, 6.07) is 0. The van der Waals surface area contributed by atoms with E-state index in [1.165, 1.54) is 11.0 Å². The fourth-order valence-corrected chi connectivity index (χ4v) is 1.13. The number of likely N-dealkylation sites (N-methyl/N-ethyl adjacent to an activating group) is 1. The summed E-state index contributed by atoms with van der Waals surface area (Å²) >= 11 is 0. The number of carboxylic acids is 1. The lowest BCUT2D eigenvalue weighted by atomic mass is 10.3. The van der Waals surface area contributed by atoms with Crippen LogP contribution in [0.5, 0.6) is 0 Å². The average molecular weight is 287 g/mol. The number of carbonyl (C=O) groups is 3. The van der Waals surface area contributed by atoms with Crippen molar-refractivity contribution >= 4 is 18.2 Å². The van der Waals surface area contributed by atoms with Crippen molar-refractivity contribution in [1.29, 1.82) is 0 Å². The fraction of sp³-hybridized carbons (Fsp3) is 0.615. The number of allylic oxidation sites excluding steroid dienone is 1. The highest BCUT2D eigenvalue weighted by Crippen LogP contribution is 1.93. The molecule has 0 rings (SSSR count). The minimum Gasteiger partial charge on any atom is -0.481 e. The van der Waals surface area contributed by atoms with Gasteiger partial charge in [0.2, 0.25) is 5.91 Å². The van der Waals surface area contributed by atoms with Gasteiger partial charge in [0, 0.05) is 19.7 Å². The largest absolute Gasteiger partial charge is 0.481 e. The van der Waals surface area contributed by atoms with Gasteiger partial charge in [-0.2, -0.15) is 0 Å². The Kier molecular flexibility index (Phi) is 10.2. The normalized spacial score (nSPS) is 11.2. The van der Waals surface area contributed by atoms with Gasteiger partial charge in [-0.15, -0.1) is 0 Å². The van der Waals surface area contributed by atoms with Crippen LogP contribution in [-0.4, -0.2) is 68.2 Å². The van der Waals surface area contributed by atoms with E-state index in [0.29, 0.717) is 38.2 Å². The van der Waals surface area contributed by atoms with Gasteiger partial charge in [0.25, 0.3) is 0 Å². The maximum Gasteiger partial charge on any atom is 0.305 e. The van der Waals surface area contributed by atoms with Gasteiger partial charge < -0.3 is 19.5 Å².